The van der Waals surface area contributed by atoms with Crippen molar-refractivity contribution in [1.82, 2.24) is 0 Å². The van der Waals surface area contributed by atoms with Gasteiger partial charge in [0.2, 0.25) is 6.17 Å². The molecule has 0 radical (unpaired) electrons. The molecule has 0 aliphatic heterocycles. The quantitative estimate of drug-likeness (QED) is 0.490. The Balaban J connectivity index is 2.80. The van der Waals surface area contributed by atoms with Gasteiger partial charge in [-0.3, -0.25) is 10.1 Å². The minimum atomic E-state index is -2.22. The van der Waals surface area contributed by atoms with Crippen molar-refractivity contribution in [3.8, 4) is 0 Å². The van der Waals surface area contributed by atoms with Crippen LogP contribution in [0.15, 0.2) is 24.3 Å². The highest BCUT2D eigenvalue weighted by molar-refractivity contribution is 5.75. The summed E-state index contributed by atoms with van der Waals surface area (Å²) in [5.74, 6) is -1.16. The molecule has 1 rings (SSSR count). The summed E-state index contributed by atoms with van der Waals surface area (Å²) >= 11 is 0. The van der Waals surface area contributed by atoms with E-state index in [-0.39, 0.29) is 17.9 Å². The van der Waals surface area contributed by atoms with Crippen LogP contribution in [-0.4, -0.2) is 28.8 Å². The highest BCUT2D eigenvalue weighted by Gasteiger charge is 2.29. The molecule has 98 valence electrons. The van der Waals surface area contributed by atoms with E-state index in [1.807, 2.05) is 0 Å². The second-order valence-electron chi connectivity index (χ2n) is 3.45. The van der Waals surface area contributed by atoms with Crippen LogP contribution in [0.2, 0.25) is 0 Å². The predicted octanol–water partition coefficient (Wildman–Crippen LogP) is 1.53. The molecule has 1 aromatic carbocycles. The van der Waals surface area contributed by atoms with E-state index in [2.05, 4.69) is 4.74 Å². The van der Waals surface area contributed by atoms with Crippen molar-refractivity contribution in [2.45, 2.75) is 19.2 Å². The van der Waals surface area contributed by atoms with Gasteiger partial charge in [0.15, 0.2) is 0 Å². The third-order valence-electron chi connectivity index (χ3n) is 2.23. The summed E-state index contributed by atoms with van der Waals surface area (Å²) in [6.07, 6.45) is -3.92. The Morgan fingerprint density at radius 2 is 2.06 bits per heavy atom. The molecule has 1 aromatic rings. The molecule has 0 spiro atoms. The molecule has 0 aliphatic carbocycles. The molecule has 0 saturated heterocycles. The number of alkyl halides is 1. The van der Waals surface area contributed by atoms with Crippen molar-refractivity contribution in [3.05, 3.63) is 39.9 Å². The fourth-order valence-corrected chi connectivity index (χ4v) is 1.31. The third-order valence-corrected chi connectivity index (χ3v) is 2.23. The number of ether oxygens (including phenoxy) is 1. The van der Waals surface area contributed by atoms with E-state index in [1.54, 1.807) is 0 Å². The highest BCUT2D eigenvalue weighted by atomic mass is 19.1. The Morgan fingerprint density at radius 1 is 1.50 bits per heavy atom. The number of nitrogens with zero attached hydrogens (tertiary/aromatic N) is 1. The van der Waals surface area contributed by atoms with Crippen molar-refractivity contribution in [2.24, 2.45) is 0 Å². The van der Waals surface area contributed by atoms with Crippen molar-refractivity contribution in [3.63, 3.8) is 0 Å². The summed E-state index contributed by atoms with van der Waals surface area (Å²) in [5, 5.41) is 20.0. The zero-order valence-corrected chi connectivity index (χ0v) is 9.58. The minimum absolute atomic E-state index is 0.00619. The maximum atomic E-state index is 13.5. The van der Waals surface area contributed by atoms with Gasteiger partial charge in [-0.1, -0.05) is 0 Å². The monoisotopic (exact) mass is 257 g/mol. The van der Waals surface area contributed by atoms with Gasteiger partial charge in [0, 0.05) is 12.1 Å². The Bertz CT molecular complexity index is 434. The Morgan fingerprint density at radius 3 is 2.50 bits per heavy atom. The summed E-state index contributed by atoms with van der Waals surface area (Å²) in [7, 11) is 0. The number of rotatable bonds is 5. The molecule has 6 nitrogen and oxygen atoms in total. The number of non-ortho nitro benzene ring substituents is 1. The first-order chi connectivity index (χ1) is 8.47. The van der Waals surface area contributed by atoms with E-state index < -0.39 is 23.2 Å². The molecule has 7 heteroatoms. The summed E-state index contributed by atoms with van der Waals surface area (Å²) in [5.41, 5.74) is -0.112. The minimum Gasteiger partial charge on any atom is -0.464 e. The van der Waals surface area contributed by atoms with Gasteiger partial charge in [-0.05, 0) is 24.6 Å². The lowest BCUT2D eigenvalue weighted by Crippen LogP contribution is -2.26. The molecule has 2 unspecified atom stereocenters. The van der Waals surface area contributed by atoms with Crippen molar-refractivity contribution < 1.29 is 24.0 Å². The van der Waals surface area contributed by atoms with Crippen LogP contribution in [-0.2, 0) is 9.53 Å². The average molecular weight is 257 g/mol. The summed E-state index contributed by atoms with van der Waals surface area (Å²) in [4.78, 5) is 20.9. The molecular formula is C11H12FNO5. The normalized spacial score (nSPS) is 13.7. The van der Waals surface area contributed by atoms with Crippen LogP contribution >= 0.6 is 0 Å². The molecule has 0 heterocycles. The first kappa shape index (κ1) is 14.0. The molecule has 18 heavy (non-hydrogen) atoms. The lowest BCUT2D eigenvalue weighted by Gasteiger charge is -2.14. The van der Waals surface area contributed by atoms with Crippen LogP contribution < -0.4 is 0 Å². The second kappa shape index (κ2) is 6.06. The average Bonchev–Trinajstić information content (AvgIpc) is 2.37. The number of halogens is 1. The van der Waals surface area contributed by atoms with Crippen LogP contribution in [0.1, 0.15) is 18.6 Å². The number of hydrogen-bond acceptors (Lipinski definition) is 5. The van der Waals surface area contributed by atoms with E-state index >= 15 is 0 Å². The summed E-state index contributed by atoms with van der Waals surface area (Å²) in [6, 6.07) is 4.62. The van der Waals surface area contributed by atoms with E-state index in [0.29, 0.717) is 0 Å². The molecular weight excluding hydrogens is 245 g/mol. The number of carbonyl (C=O) groups is 1. The predicted molar refractivity (Wildman–Crippen MR) is 59.6 cm³/mol. The summed E-state index contributed by atoms with van der Waals surface area (Å²) in [6.45, 7) is 1.52. The number of nitro groups is 1. The number of benzene rings is 1. The van der Waals surface area contributed by atoms with Gasteiger partial charge in [-0.2, -0.15) is 0 Å². The topological polar surface area (TPSA) is 89.7 Å². The number of hydrogen-bond donors (Lipinski definition) is 1. The molecule has 2 atom stereocenters. The first-order valence-electron chi connectivity index (χ1n) is 5.20. The molecule has 0 aliphatic rings. The molecule has 1 N–H and O–H groups in total. The molecule has 0 aromatic heterocycles. The van der Waals surface area contributed by atoms with Gasteiger partial charge >= 0.3 is 5.97 Å². The van der Waals surface area contributed by atoms with Gasteiger partial charge in [0.25, 0.3) is 5.69 Å². The molecule has 0 bridgehead atoms. The SMILES string of the molecule is CCOC(=O)C(F)C(O)c1ccc([N+](=O)[O-])cc1. The smallest absolute Gasteiger partial charge is 0.343 e. The highest BCUT2D eigenvalue weighted by Crippen LogP contribution is 2.22. The van der Waals surface area contributed by atoms with Crippen LogP contribution in [0.4, 0.5) is 10.1 Å². The third kappa shape index (κ3) is 3.24. The molecule has 0 amide bonds. The fourth-order valence-electron chi connectivity index (χ4n) is 1.31. The number of aliphatic hydroxyl groups excluding tert-OH is 1. The zero-order valence-electron chi connectivity index (χ0n) is 9.58. The second-order valence-corrected chi connectivity index (χ2v) is 3.45. The number of aliphatic hydroxyl groups is 1. The van der Waals surface area contributed by atoms with E-state index in [9.17, 15) is 24.4 Å². The van der Waals surface area contributed by atoms with Gasteiger partial charge in [-0.15, -0.1) is 0 Å². The van der Waals surface area contributed by atoms with Crippen molar-refractivity contribution in [2.75, 3.05) is 6.61 Å². The fraction of sp³-hybridized carbons (Fsp3) is 0.364. The Kier molecular flexibility index (Phi) is 4.73. The van der Waals surface area contributed by atoms with Gasteiger partial charge in [0.1, 0.15) is 6.10 Å². The van der Waals surface area contributed by atoms with Crippen LogP contribution in [0.3, 0.4) is 0 Å². The van der Waals surface area contributed by atoms with Crippen molar-refractivity contribution >= 4 is 11.7 Å². The number of esters is 1. The standard InChI is InChI=1S/C11H12FNO5/c1-2-18-11(15)9(12)10(14)7-3-5-8(6-4-7)13(16)17/h3-6,9-10,14H,2H2,1H3. The van der Waals surface area contributed by atoms with Crippen LogP contribution in [0.5, 0.6) is 0 Å². The van der Waals surface area contributed by atoms with E-state index in [1.165, 1.54) is 19.1 Å². The first-order valence-corrected chi connectivity index (χ1v) is 5.20. The summed E-state index contributed by atoms with van der Waals surface area (Å²) < 4.78 is 17.9. The molecule has 0 fully saturated rings. The van der Waals surface area contributed by atoms with Crippen LogP contribution in [0, 0.1) is 10.1 Å². The van der Waals surface area contributed by atoms with Gasteiger partial charge in [-0.25, -0.2) is 9.18 Å². The lowest BCUT2D eigenvalue weighted by molar-refractivity contribution is -0.384. The van der Waals surface area contributed by atoms with Gasteiger partial charge < -0.3 is 9.84 Å². The molecule has 0 saturated carbocycles. The maximum Gasteiger partial charge on any atom is 0.343 e. The number of nitro benzene ring substituents is 1. The van der Waals surface area contributed by atoms with Crippen molar-refractivity contribution in [1.29, 1.82) is 0 Å². The lowest BCUT2D eigenvalue weighted by atomic mass is 10.1. The Labute approximate surface area is 102 Å². The van der Waals surface area contributed by atoms with Crippen LogP contribution in [0.25, 0.3) is 0 Å². The Hall–Kier alpha value is -2.02. The van der Waals surface area contributed by atoms with Gasteiger partial charge in [0.05, 0.1) is 11.5 Å². The zero-order chi connectivity index (χ0) is 13.7. The largest absolute Gasteiger partial charge is 0.464 e. The maximum absolute atomic E-state index is 13.5. The van der Waals surface area contributed by atoms with E-state index in [0.717, 1.165) is 12.1 Å². The van der Waals surface area contributed by atoms with E-state index in [4.69, 9.17) is 0 Å². The number of carbonyl (C=O) groups excluding carboxylic acids is 1.